The van der Waals surface area contributed by atoms with Crippen molar-refractivity contribution < 1.29 is 23.0 Å². The summed E-state index contributed by atoms with van der Waals surface area (Å²) in [6.45, 7) is 10.8. The SMILES string of the molecule is C=C/C(OCCOC)=C(F)\C=C(/C)Nc1ncc(F)c(Nc2ccc(C(=O)C(=C)C)cc2)n1. The number of hydrogen-bond acceptors (Lipinski definition) is 7. The summed E-state index contributed by atoms with van der Waals surface area (Å²) in [4.78, 5) is 19.9. The first-order valence-corrected chi connectivity index (χ1v) is 9.94. The van der Waals surface area contributed by atoms with Crippen molar-refractivity contribution >= 4 is 23.2 Å². The van der Waals surface area contributed by atoms with Crippen LogP contribution in [0.4, 0.5) is 26.2 Å². The predicted molar refractivity (Wildman–Crippen MR) is 124 cm³/mol. The zero-order valence-electron chi connectivity index (χ0n) is 18.7. The highest BCUT2D eigenvalue weighted by atomic mass is 19.1. The molecule has 0 unspecified atom stereocenters. The molecule has 174 valence electrons. The van der Waals surface area contributed by atoms with Gasteiger partial charge in [0.25, 0.3) is 0 Å². The number of allylic oxidation sites excluding steroid dienone is 5. The van der Waals surface area contributed by atoms with Gasteiger partial charge >= 0.3 is 0 Å². The molecule has 0 fully saturated rings. The number of halogens is 2. The number of carbonyl (C=O) groups excluding carboxylic acids is 1. The molecule has 2 rings (SSSR count). The third kappa shape index (κ3) is 7.65. The smallest absolute Gasteiger partial charge is 0.229 e. The summed E-state index contributed by atoms with van der Waals surface area (Å²) in [5.41, 5.74) is 1.76. The van der Waals surface area contributed by atoms with Gasteiger partial charge in [0.1, 0.15) is 6.61 Å². The normalized spacial score (nSPS) is 12.0. The summed E-state index contributed by atoms with van der Waals surface area (Å²) in [6.07, 6.45) is 3.42. The molecule has 9 heteroatoms. The molecule has 0 saturated carbocycles. The summed E-state index contributed by atoms with van der Waals surface area (Å²) in [7, 11) is 1.51. The van der Waals surface area contributed by atoms with Crippen LogP contribution in [0.25, 0.3) is 0 Å². The summed E-state index contributed by atoms with van der Waals surface area (Å²) in [5, 5.41) is 5.63. The van der Waals surface area contributed by atoms with Gasteiger partial charge in [-0.05, 0) is 55.8 Å². The average molecular weight is 456 g/mol. The maximum atomic E-state index is 14.4. The van der Waals surface area contributed by atoms with Crippen molar-refractivity contribution in [2.24, 2.45) is 0 Å². The Balaban J connectivity index is 2.14. The van der Waals surface area contributed by atoms with E-state index in [1.807, 2.05) is 0 Å². The van der Waals surface area contributed by atoms with E-state index in [2.05, 4.69) is 33.8 Å². The molecule has 33 heavy (non-hydrogen) atoms. The zero-order chi connectivity index (χ0) is 24.4. The number of nitrogens with one attached hydrogen (secondary N) is 2. The first-order chi connectivity index (χ1) is 15.7. The standard InChI is InChI=1S/C24H26F2N4O3/c1-6-21(33-12-11-32-5)19(25)13-16(4)28-24-27-14-20(26)23(30-24)29-18-9-7-17(8-10-18)22(31)15(2)3/h6-10,13-14H,1-2,11-12H2,3-5H3,(H2,27,28,29,30)/b16-13+,21-19-. The van der Waals surface area contributed by atoms with Crippen LogP contribution in [-0.2, 0) is 9.47 Å². The fourth-order valence-corrected chi connectivity index (χ4v) is 2.54. The van der Waals surface area contributed by atoms with Gasteiger partial charge in [-0.25, -0.2) is 13.8 Å². The second-order valence-electron chi connectivity index (χ2n) is 6.91. The minimum Gasteiger partial charge on any atom is -0.488 e. The Labute approximate surface area is 191 Å². The van der Waals surface area contributed by atoms with Crippen molar-refractivity contribution in [2.75, 3.05) is 31.0 Å². The molecular weight excluding hydrogens is 430 g/mol. The van der Waals surface area contributed by atoms with Crippen molar-refractivity contribution in [3.05, 3.63) is 90.0 Å². The molecule has 2 N–H and O–H groups in total. The Hall–Kier alpha value is -3.85. The number of aromatic nitrogens is 2. The molecule has 0 radical (unpaired) electrons. The van der Waals surface area contributed by atoms with Crippen molar-refractivity contribution in [1.82, 2.24) is 9.97 Å². The summed E-state index contributed by atoms with van der Waals surface area (Å²) in [6, 6.07) is 6.45. The van der Waals surface area contributed by atoms with E-state index >= 15 is 0 Å². The van der Waals surface area contributed by atoms with Gasteiger partial charge in [0.2, 0.25) is 5.95 Å². The molecule has 0 aliphatic rings. The number of ether oxygens (including phenoxy) is 2. The van der Waals surface area contributed by atoms with Gasteiger partial charge in [-0.1, -0.05) is 13.2 Å². The lowest BCUT2D eigenvalue weighted by Gasteiger charge is -2.11. The number of anilines is 3. The first kappa shape index (κ1) is 25.4. The second-order valence-corrected chi connectivity index (χ2v) is 6.91. The number of methoxy groups -OCH3 is 1. The maximum absolute atomic E-state index is 14.4. The average Bonchev–Trinajstić information content (AvgIpc) is 2.78. The van der Waals surface area contributed by atoms with Crippen LogP contribution in [0.2, 0.25) is 0 Å². The molecule has 0 spiro atoms. The van der Waals surface area contributed by atoms with Crippen LogP contribution in [0.1, 0.15) is 24.2 Å². The molecule has 1 heterocycles. The van der Waals surface area contributed by atoms with Crippen molar-refractivity contribution in [3.8, 4) is 0 Å². The number of ketones is 1. The summed E-state index contributed by atoms with van der Waals surface area (Å²) >= 11 is 0. The first-order valence-electron chi connectivity index (χ1n) is 9.94. The van der Waals surface area contributed by atoms with E-state index in [1.54, 1.807) is 38.1 Å². The zero-order valence-corrected chi connectivity index (χ0v) is 18.7. The predicted octanol–water partition coefficient (Wildman–Crippen LogP) is 5.46. The topological polar surface area (TPSA) is 85.4 Å². The minimum atomic E-state index is -0.684. The highest BCUT2D eigenvalue weighted by Gasteiger charge is 2.10. The van der Waals surface area contributed by atoms with Crippen molar-refractivity contribution in [2.45, 2.75) is 13.8 Å². The molecule has 1 aromatic heterocycles. The molecular formula is C24H26F2N4O3. The maximum Gasteiger partial charge on any atom is 0.229 e. The molecule has 0 atom stereocenters. The van der Waals surface area contributed by atoms with E-state index in [0.29, 0.717) is 29.1 Å². The molecule has 0 amide bonds. The van der Waals surface area contributed by atoms with E-state index in [1.165, 1.54) is 19.3 Å². The van der Waals surface area contributed by atoms with Gasteiger partial charge in [0.15, 0.2) is 29.0 Å². The Kier molecular flexibility index (Phi) is 9.44. The number of benzene rings is 1. The molecule has 7 nitrogen and oxygen atoms in total. The minimum absolute atomic E-state index is 0.0378. The Morgan fingerprint density at radius 2 is 1.91 bits per heavy atom. The van der Waals surface area contributed by atoms with Crippen molar-refractivity contribution in [3.63, 3.8) is 0 Å². The van der Waals surface area contributed by atoms with Crippen LogP contribution < -0.4 is 10.6 Å². The third-order valence-corrected chi connectivity index (χ3v) is 4.16. The van der Waals surface area contributed by atoms with Crippen LogP contribution in [0.5, 0.6) is 0 Å². The molecule has 0 bridgehead atoms. The summed E-state index contributed by atoms with van der Waals surface area (Å²) < 4.78 is 38.7. The van der Waals surface area contributed by atoms with E-state index in [4.69, 9.17) is 9.47 Å². The lowest BCUT2D eigenvalue weighted by Crippen LogP contribution is -2.06. The Morgan fingerprint density at radius 1 is 1.21 bits per heavy atom. The van der Waals surface area contributed by atoms with Crippen LogP contribution in [-0.4, -0.2) is 36.1 Å². The Morgan fingerprint density at radius 3 is 2.52 bits per heavy atom. The summed E-state index contributed by atoms with van der Waals surface area (Å²) in [5.74, 6) is -1.59. The third-order valence-electron chi connectivity index (χ3n) is 4.16. The highest BCUT2D eigenvalue weighted by molar-refractivity contribution is 6.08. The molecule has 1 aromatic carbocycles. The fourth-order valence-electron chi connectivity index (χ4n) is 2.54. The van der Waals surface area contributed by atoms with Crippen LogP contribution in [0, 0.1) is 5.82 Å². The van der Waals surface area contributed by atoms with Gasteiger partial charge in [-0.15, -0.1) is 0 Å². The Bertz CT molecular complexity index is 1080. The molecule has 2 aromatic rings. The van der Waals surface area contributed by atoms with Gasteiger partial charge in [0, 0.05) is 24.1 Å². The van der Waals surface area contributed by atoms with E-state index in [0.717, 1.165) is 6.20 Å². The number of carbonyl (C=O) groups is 1. The molecule has 0 aliphatic heterocycles. The molecule has 0 saturated heterocycles. The number of nitrogens with zero attached hydrogens (tertiary/aromatic N) is 2. The monoisotopic (exact) mass is 456 g/mol. The number of rotatable bonds is 12. The van der Waals surface area contributed by atoms with Gasteiger partial charge in [-0.2, -0.15) is 4.98 Å². The van der Waals surface area contributed by atoms with Gasteiger partial charge in [0.05, 0.1) is 12.8 Å². The van der Waals surface area contributed by atoms with Crippen LogP contribution in [0.15, 0.2) is 78.6 Å². The highest BCUT2D eigenvalue weighted by Crippen LogP contribution is 2.21. The van der Waals surface area contributed by atoms with Crippen LogP contribution >= 0.6 is 0 Å². The quantitative estimate of drug-likeness (QED) is 0.144. The second kappa shape index (κ2) is 12.3. The van der Waals surface area contributed by atoms with E-state index in [9.17, 15) is 13.6 Å². The largest absolute Gasteiger partial charge is 0.488 e. The van der Waals surface area contributed by atoms with Gasteiger partial charge in [-0.3, -0.25) is 4.79 Å². The lowest BCUT2D eigenvalue weighted by molar-refractivity contribution is 0.103. The van der Waals surface area contributed by atoms with E-state index < -0.39 is 11.6 Å². The van der Waals surface area contributed by atoms with Gasteiger partial charge < -0.3 is 20.1 Å². The van der Waals surface area contributed by atoms with Crippen molar-refractivity contribution in [1.29, 1.82) is 0 Å². The van der Waals surface area contributed by atoms with Crippen LogP contribution in [0.3, 0.4) is 0 Å². The molecule has 0 aliphatic carbocycles. The number of hydrogen-bond donors (Lipinski definition) is 2. The lowest BCUT2D eigenvalue weighted by atomic mass is 10.1. The number of Topliss-reactive ketones (excluding diaryl/α,β-unsaturated/α-hetero) is 1. The van der Waals surface area contributed by atoms with E-state index in [-0.39, 0.29) is 29.9 Å². The fraction of sp³-hybridized carbons (Fsp3) is 0.208.